The van der Waals surface area contributed by atoms with Crippen LogP contribution in [0.3, 0.4) is 0 Å². The molecule has 2 nitrogen and oxygen atoms in total. The van der Waals surface area contributed by atoms with Gasteiger partial charge in [-0.3, -0.25) is 4.79 Å². The molecule has 0 fully saturated rings. The maximum atomic E-state index is 12.3. The summed E-state index contributed by atoms with van der Waals surface area (Å²) in [5.74, 6) is 0.979. The van der Waals surface area contributed by atoms with Crippen molar-refractivity contribution in [1.29, 1.82) is 0 Å². The van der Waals surface area contributed by atoms with Crippen LogP contribution in [0.2, 0.25) is 0 Å². The minimum absolute atomic E-state index is 0.364. The van der Waals surface area contributed by atoms with E-state index in [1.54, 1.807) is 0 Å². The Kier molecular flexibility index (Phi) is 7.66. The minimum Gasteiger partial charge on any atom is -0.330 e. The smallest absolute Gasteiger partial charge is 0.137 e. The molecule has 2 N–H and O–H groups in total. The molecular formula is C19H31NO. The van der Waals surface area contributed by atoms with Crippen LogP contribution in [0.5, 0.6) is 0 Å². The number of carbonyl (C=O) groups is 1. The lowest BCUT2D eigenvalue weighted by Crippen LogP contribution is -2.12. The fraction of sp³-hybridized carbons (Fsp3) is 0.632. The van der Waals surface area contributed by atoms with E-state index in [1.165, 1.54) is 35.1 Å². The van der Waals surface area contributed by atoms with Gasteiger partial charge in [-0.05, 0) is 62.8 Å². The third-order valence-corrected chi connectivity index (χ3v) is 4.32. The van der Waals surface area contributed by atoms with Crippen LogP contribution >= 0.6 is 0 Å². The molecule has 0 saturated carbocycles. The second-order valence-corrected chi connectivity index (χ2v) is 6.36. The second kappa shape index (κ2) is 8.99. The van der Waals surface area contributed by atoms with Gasteiger partial charge in [-0.2, -0.15) is 0 Å². The number of benzene rings is 1. The van der Waals surface area contributed by atoms with Gasteiger partial charge in [0.05, 0.1) is 0 Å². The van der Waals surface area contributed by atoms with E-state index < -0.39 is 0 Å². The molecule has 0 aliphatic heterocycles. The fourth-order valence-electron chi connectivity index (χ4n) is 3.22. The molecule has 0 radical (unpaired) electrons. The van der Waals surface area contributed by atoms with Crippen LogP contribution in [0, 0.1) is 26.7 Å². The fourth-order valence-corrected chi connectivity index (χ4v) is 3.22. The highest BCUT2D eigenvalue weighted by Gasteiger charge is 2.13. The standard InChI is InChI=1S/C19H31NO/c1-5-6-17(9-10-20)7-8-18(21)13-19-15(3)11-14(2)12-16(19)4/h11-12,17H,5-10,13,20H2,1-4H3. The summed E-state index contributed by atoms with van der Waals surface area (Å²) < 4.78 is 0. The number of aryl methyl sites for hydroxylation is 3. The van der Waals surface area contributed by atoms with Gasteiger partial charge in [0.2, 0.25) is 0 Å². The number of rotatable bonds is 9. The zero-order chi connectivity index (χ0) is 15.8. The Morgan fingerprint density at radius 1 is 1.10 bits per heavy atom. The van der Waals surface area contributed by atoms with E-state index in [4.69, 9.17) is 5.73 Å². The van der Waals surface area contributed by atoms with Crippen LogP contribution in [0.1, 0.15) is 61.3 Å². The van der Waals surface area contributed by atoms with Crippen molar-refractivity contribution in [3.05, 3.63) is 34.4 Å². The van der Waals surface area contributed by atoms with Crippen LogP contribution in [0.15, 0.2) is 12.1 Å². The van der Waals surface area contributed by atoms with Gasteiger partial charge in [0.15, 0.2) is 0 Å². The summed E-state index contributed by atoms with van der Waals surface area (Å²) in [4.78, 5) is 12.3. The minimum atomic E-state index is 0.364. The third-order valence-electron chi connectivity index (χ3n) is 4.32. The average Bonchev–Trinajstić information content (AvgIpc) is 2.40. The van der Waals surface area contributed by atoms with E-state index in [0.717, 1.165) is 19.4 Å². The second-order valence-electron chi connectivity index (χ2n) is 6.36. The Labute approximate surface area is 130 Å². The van der Waals surface area contributed by atoms with Crippen molar-refractivity contribution in [2.45, 2.75) is 66.2 Å². The first-order valence-electron chi connectivity index (χ1n) is 8.26. The maximum Gasteiger partial charge on any atom is 0.137 e. The molecule has 0 heterocycles. The number of hydrogen-bond acceptors (Lipinski definition) is 2. The number of nitrogens with two attached hydrogens (primary N) is 1. The van der Waals surface area contributed by atoms with Crippen molar-refractivity contribution < 1.29 is 4.79 Å². The van der Waals surface area contributed by atoms with Crippen molar-refractivity contribution in [1.82, 2.24) is 0 Å². The van der Waals surface area contributed by atoms with Crippen LogP contribution in [-0.2, 0) is 11.2 Å². The van der Waals surface area contributed by atoms with Gasteiger partial charge in [-0.25, -0.2) is 0 Å². The molecule has 21 heavy (non-hydrogen) atoms. The van der Waals surface area contributed by atoms with Crippen molar-refractivity contribution in [3.8, 4) is 0 Å². The molecule has 0 aliphatic carbocycles. The van der Waals surface area contributed by atoms with E-state index in [1.807, 2.05) is 0 Å². The van der Waals surface area contributed by atoms with Crippen LogP contribution in [0.4, 0.5) is 0 Å². The lowest BCUT2D eigenvalue weighted by molar-refractivity contribution is -0.118. The SMILES string of the molecule is CCCC(CCN)CCC(=O)Cc1c(C)cc(C)cc1C. The van der Waals surface area contributed by atoms with Crippen LogP contribution in [0.25, 0.3) is 0 Å². The van der Waals surface area contributed by atoms with Gasteiger partial charge in [0.25, 0.3) is 0 Å². The van der Waals surface area contributed by atoms with E-state index in [2.05, 4.69) is 39.8 Å². The highest BCUT2D eigenvalue weighted by Crippen LogP contribution is 2.20. The van der Waals surface area contributed by atoms with Gasteiger partial charge in [0.1, 0.15) is 5.78 Å². The molecule has 0 spiro atoms. The van der Waals surface area contributed by atoms with Gasteiger partial charge in [0, 0.05) is 12.8 Å². The quantitative estimate of drug-likeness (QED) is 0.737. The molecule has 0 bridgehead atoms. The van der Waals surface area contributed by atoms with Crippen molar-refractivity contribution in [2.75, 3.05) is 6.54 Å². The summed E-state index contributed by atoms with van der Waals surface area (Å²) in [6.45, 7) is 9.25. The Morgan fingerprint density at radius 2 is 1.71 bits per heavy atom. The van der Waals surface area contributed by atoms with Gasteiger partial charge < -0.3 is 5.73 Å². The molecule has 1 rings (SSSR count). The Balaban J connectivity index is 2.57. The predicted octanol–water partition coefficient (Wildman–Crippen LogP) is 4.27. The molecule has 1 aromatic carbocycles. The van der Waals surface area contributed by atoms with Crippen molar-refractivity contribution >= 4 is 5.78 Å². The molecule has 1 atom stereocenters. The number of carbonyl (C=O) groups excluding carboxylic acids is 1. The molecule has 0 aromatic heterocycles. The number of hydrogen-bond donors (Lipinski definition) is 1. The molecule has 118 valence electrons. The molecule has 0 saturated heterocycles. The highest BCUT2D eigenvalue weighted by molar-refractivity contribution is 5.81. The average molecular weight is 289 g/mol. The molecule has 0 amide bonds. The Bertz CT molecular complexity index is 436. The largest absolute Gasteiger partial charge is 0.330 e. The zero-order valence-electron chi connectivity index (χ0n) is 14.2. The third kappa shape index (κ3) is 6.01. The van der Waals surface area contributed by atoms with Gasteiger partial charge in [-0.15, -0.1) is 0 Å². The number of ketones is 1. The van der Waals surface area contributed by atoms with E-state index in [9.17, 15) is 4.79 Å². The van der Waals surface area contributed by atoms with Crippen LogP contribution < -0.4 is 5.73 Å². The summed E-state index contributed by atoms with van der Waals surface area (Å²) >= 11 is 0. The summed E-state index contributed by atoms with van der Waals surface area (Å²) in [7, 11) is 0. The maximum absolute atomic E-state index is 12.3. The zero-order valence-corrected chi connectivity index (χ0v) is 14.2. The summed E-state index contributed by atoms with van der Waals surface area (Å²) in [6, 6.07) is 4.34. The first-order chi connectivity index (χ1) is 9.97. The van der Waals surface area contributed by atoms with Gasteiger partial charge in [-0.1, -0.05) is 37.5 Å². The van der Waals surface area contributed by atoms with Crippen molar-refractivity contribution in [3.63, 3.8) is 0 Å². The first kappa shape index (κ1) is 17.9. The molecule has 2 heteroatoms. The summed E-state index contributed by atoms with van der Waals surface area (Å²) in [5.41, 5.74) is 10.6. The van der Waals surface area contributed by atoms with E-state index in [-0.39, 0.29) is 0 Å². The van der Waals surface area contributed by atoms with Crippen molar-refractivity contribution in [2.24, 2.45) is 11.7 Å². The van der Waals surface area contributed by atoms with Crippen LogP contribution in [-0.4, -0.2) is 12.3 Å². The lowest BCUT2D eigenvalue weighted by Gasteiger charge is -2.15. The number of Topliss-reactive ketones (excluding diaryl/α,β-unsaturated/α-hetero) is 1. The topological polar surface area (TPSA) is 43.1 Å². The predicted molar refractivity (Wildman–Crippen MR) is 90.7 cm³/mol. The molecule has 1 aromatic rings. The van der Waals surface area contributed by atoms with E-state index >= 15 is 0 Å². The highest BCUT2D eigenvalue weighted by atomic mass is 16.1. The molecular weight excluding hydrogens is 258 g/mol. The summed E-state index contributed by atoms with van der Waals surface area (Å²) in [5, 5.41) is 0. The van der Waals surface area contributed by atoms with Gasteiger partial charge >= 0.3 is 0 Å². The Morgan fingerprint density at radius 3 is 2.24 bits per heavy atom. The monoisotopic (exact) mass is 289 g/mol. The molecule has 0 aliphatic rings. The normalized spacial score (nSPS) is 12.4. The summed E-state index contributed by atoms with van der Waals surface area (Å²) in [6.07, 6.45) is 5.68. The lowest BCUT2D eigenvalue weighted by atomic mass is 9.90. The first-order valence-corrected chi connectivity index (χ1v) is 8.26. The molecule has 1 unspecified atom stereocenters. The van der Waals surface area contributed by atoms with E-state index in [0.29, 0.717) is 24.5 Å². The Hall–Kier alpha value is -1.15.